The Kier molecular flexibility index (Phi) is 1.48. The van der Waals surface area contributed by atoms with Crippen molar-refractivity contribution in [3.63, 3.8) is 0 Å². The molecule has 0 saturated carbocycles. The molecule has 0 aliphatic carbocycles. The van der Waals surface area contributed by atoms with E-state index in [2.05, 4.69) is 10.6 Å². The molecule has 1 atom stereocenters. The van der Waals surface area contributed by atoms with Crippen LogP contribution in [0.4, 0.5) is 0 Å². The Bertz CT molecular complexity index is 155. The normalized spacial score (nSPS) is 27.9. The van der Waals surface area contributed by atoms with Crippen LogP contribution in [0.5, 0.6) is 0 Å². The molecule has 0 aromatic carbocycles. The smallest absolute Gasteiger partial charge is 0.243 e. The summed E-state index contributed by atoms with van der Waals surface area (Å²) in [5.74, 6) is -0.496. The minimum absolute atomic E-state index is 0.234. The summed E-state index contributed by atoms with van der Waals surface area (Å²) in [5, 5.41) is 4.91. The molecule has 0 unspecified atom stereocenters. The van der Waals surface area contributed by atoms with Crippen molar-refractivity contribution in [2.45, 2.75) is 13.0 Å². The largest absolute Gasteiger partial charge is 0.298 e. The van der Waals surface area contributed by atoms with Gasteiger partial charge in [0.15, 0.2) is 0 Å². The maximum Gasteiger partial charge on any atom is 0.243 e. The number of hydrogen-bond acceptors (Lipinski definition) is 3. The molecule has 1 rings (SSSR count). The van der Waals surface area contributed by atoms with Crippen LogP contribution in [0.15, 0.2) is 0 Å². The third-order valence-corrected chi connectivity index (χ3v) is 1.22. The standard InChI is InChI=1S/C5H8N2O2/c1-3-5(9)7-4(8)2-6-3/h3,6H,2H2,1H3,(H,7,8,9)/t3-/m1/s1. The highest BCUT2D eigenvalue weighted by molar-refractivity contribution is 6.00. The molecule has 1 aliphatic rings. The van der Waals surface area contributed by atoms with Crippen LogP contribution in [0.1, 0.15) is 6.92 Å². The van der Waals surface area contributed by atoms with E-state index >= 15 is 0 Å². The van der Waals surface area contributed by atoms with E-state index in [-0.39, 0.29) is 24.4 Å². The highest BCUT2D eigenvalue weighted by atomic mass is 16.2. The minimum atomic E-state index is -0.252. The molecule has 9 heavy (non-hydrogen) atoms. The number of imide groups is 1. The zero-order valence-corrected chi connectivity index (χ0v) is 5.10. The average Bonchev–Trinajstić information content (AvgIpc) is 1.80. The fraction of sp³-hybridized carbons (Fsp3) is 0.600. The fourth-order valence-electron chi connectivity index (χ4n) is 0.628. The lowest BCUT2D eigenvalue weighted by molar-refractivity contribution is -0.133. The Morgan fingerprint density at radius 1 is 1.56 bits per heavy atom. The molecule has 2 amide bonds. The number of carbonyl (C=O) groups is 2. The molecular weight excluding hydrogens is 120 g/mol. The molecule has 4 nitrogen and oxygen atoms in total. The van der Waals surface area contributed by atoms with Crippen LogP contribution < -0.4 is 10.6 Å². The van der Waals surface area contributed by atoms with Gasteiger partial charge < -0.3 is 0 Å². The number of rotatable bonds is 0. The molecule has 0 bridgehead atoms. The van der Waals surface area contributed by atoms with Crippen molar-refractivity contribution >= 4 is 11.8 Å². The van der Waals surface area contributed by atoms with Crippen LogP contribution in [0, 0.1) is 0 Å². The van der Waals surface area contributed by atoms with E-state index in [0.29, 0.717) is 0 Å². The van der Waals surface area contributed by atoms with E-state index in [1.54, 1.807) is 6.92 Å². The van der Waals surface area contributed by atoms with Gasteiger partial charge >= 0.3 is 0 Å². The molecule has 50 valence electrons. The molecule has 1 heterocycles. The predicted molar refractivity (Wildman–Crippen MR) is 30.6 cm³/mol. The van der Waals surface area contributed by atoms with Gasteiger partial charge in [0.25, 0.3) is 0 Å². The summed E-state index contributed by atoms with van der Waals surface area (Å²) in [6.45, 7) is 1.95. The first-order valence-electron chi connectivity index (χ1n) is 2.77. The lowest BCUT2D eigenvalue weighted by Crippen LogP contribution is -2.54. The lowest BCUT2D eigenvalue weighted by atomic mass is 10.2. The Hall–Kier alpha value is -0.900. The van der Waals surface area contributed by atoms with Crippen LogP contribution in [-0.2, 0) is 9.59 Å². The summed E-state index contributed by atoms with van der Waals surface area (Å²) in [7, 11) is 0. The van der Waals surface area contributed by atoms with Crippen molar-refractivity contribution in [2.24, 2.45) is 0 Å². The number of carbonyl (C=O) groups excluding carboxylic acids is 2. The Morgan fingerprint density at radius 3 is 2.67 bits per heavy atom. The zero-order chi connectivity index (χ0) is 6.85. The molecule has 0 radical (unpaired) electrons. The second-order valence-corrected chi connectivity index (χ2v) is 2.02. The van der Waals surface area contributed by atoms with Gasteiger partial charge in [-0.05, 0) is 6.92 Å². The number of nitrogens with one attached hydrogen (secondary N) is 2. The Labute approximate surface area is 52.6 Å². The third-order valence-electron chi connectivity index (χ3n) is 1.22. The van der Waals surface area contributed by atoms with Crippen LogP contribution in [0.3, 0.4) is 0 Å². The molecule has 1 fully saturated rings. The van der Waals surface area contributed by atoms with Crippen LogP contribution in [-0.4, -0.2) is 24.4 Å². The molecule has 1 saturated heterocycles. The van der Waals surface area contributed by atoms with Crippen molar-refractivity contribution in [1.29, 1.82) is 0 Å². The summed E-state index contributed by atoms with van der Waals surface area (Å²) < 4.78 is 0. The van der Waals surface area contributed by atoms with Gasteiger partial charge in [-0.3, -0.25) is 20.2 Å². The quantitative estimate of drug-likeness (QED) is 0.395. The van der Waals surface area contributed by atoms with Crippen LogP contribution >= 0.6 is 0 Å². The third kappa shape index (κ3) is 1.26. The van der Waals surface area contributed by atoms with Gasteiger partial charge in [-0.25, -0.2) is 0 Å². The number of hydrogen-bond donors (Lipinski definition) is 2. The van der Waals surface area contributed by atoms with Crippen LogP contribution in [0.25, 0.3) is 0 Å². The maximum atomic E-state index is 10.6. The predicted octanol–water partition coefficient (Wildman–Crippen LogP) is -1.38. The molecule has 0 aromatic rings. The Balaban J connectivity index is 2.54. The first-order chi connectivity index (χ1) is 4.20. The topological polar surface area (TPSA) is 58.2 Å². The maximum absolute atomic E-state index is 10.6. The molecule has 2 N–H and O–H groups in total. The van der Waals surface area contributed by atoms with E-state index in [9.17, 15) is 9.59 Å². The van der Waals surface area contributed by atoms with Gasteiger partial charge in [0.05, 0.1) is 12.6 Å². The van der Waals surface area contributed by atoms with E-state index < -0.39 is 0 Å². The fourth-order valence-corrected chi connectivity index (χ4v) is 0.628. The Morgan fingerprint density at radius 2 is 2.22 bits per heavy atom. The zero-order valence-electron chi connectivity index (χ0n) is 5.10. The summed E-state index contributed by atoms with van der Waals surface area (Å²) in [6.07, 6.45) is 0. The van der Waals surface area contributed by atoms with Crippen LogP contribution in [0.2, 0.25) is 0 Å². The van der Waals surface area contributed by atoms with Gasteiger partial charge in [-0.2, -0.15) is 0 Å². The monoisotopic (exact) mass is 128 g/mol. The lowest BCUT2D eigenvalue weighted by Gasteiger charge is -2.17. The minimum Gasteiger partial charge on any atom is -0.298 e. The SMILES string of the molecule is C[C@H]1NCC(=O)NC1=O. The average molecular weight is 128 g/mol. The number of piperazine rings is 1. The number of amides is 2. The van der Waals surface area contributed by atoms with Crippen molar-refractivity contribution in [1.82, 2.24) is 10.6 Å². The van der Waals surface area contributed by atoms with E-state index in [1.165, 1.54) is 0 Å². The second kappa shape index (κ2) is 2.14. The van der Waals surface area contributed by atoms with Crippen molar-refractivity contribution in [3.05, 3.63) is 0 Å². The van der Waals surface area contributed by atoms with Crippen molar-refractivity contribution in [3.8, 4) is 0 Å². The molecule has 0 spiro atoms. The second-order valence-electron chi connectivity index (χ2n) is 2.02. The highest BCUT2D eigenvalue weighted by Gasteiger charge is 2.20. The van der Waals surface area contributed by atoms with Gasteiger partial charge in [-0.1, -0.05) is 0 Å². The van der Waals surface area contributed by atoms with E-state index in [0.717, 1.165) is 0 Å². The molecule has 4 heteroatoms. The first kappa shape index (κ1) is 6.22. The van der Waals surface area contributed by atoms with Gasteiger partial charge in [-0.15, -0.1) is 0 Å². The van der Waals surface area contributed by atoms with Crippen molar-refractivity contribution < 1.29 is 9.59 Å². The summed E-state index contributed by atoms with van der Waals surface area (Å²) in [6, 6.07) is -0.234. The molecule has 1 aliphatic heterocycles. The highest BCUT2D eigenvalue weighted by Crippen LogP contribution is 1.86. The van der Waals surface area contributed by atoms with Gasteiger partial charge in [0.2, 0.25) is 11.8 Å². The molecular formula is C5H8N2O2. The summed E-state index contributed by atoms with van der Waals surface area (Å²) in [4.78, 5) is 21.0. The van der Waals surface area contributed by atoms with E-state index in [1.807, 2.05) is 0 Å². The van der Waals surface area contributed by atoms with Crippen molar-refractivity contribution in [2.75, 3.05) is 6.54 Å². The van der Waals surface area contributed by atoms with E-state index in [4.69, 9.17) is 0 Å². The first-order valence-corrected chi connectivity index (χ1v) is 2.77. The van der Waals surface area contributed by atoms with Gasteiger partial charge in [0.1, 0.15) is 0 Å². The summed E-state index contributed by atoms with van der Waals surface area (Å²) >= 11 is 0. The molecule has 0 aromatic heterocycles. The van der Waals surface area contributed by atoms with Gasteiger partial charge in [0, 0.05) is 0 Å². The summed E-state index contributed by atoms with van der Waals surface area (Å²) in [5.41, 5.74) is 0.